The fraction of sp³-hybridized carbons (Fsp3) is 0.273. The Hall–Kier alpha value is -2.94. The lowest BCUT2D eigenvalue weighted by Gasteiger charge is -2.29. The predicted molar refractivity (Wildman–Crippen MR) is 116 cm³/mol. The summed E-state index contributed by atoms with van der Waals surface area (Å²) in [5, 5.41) is 6.60. The van der Waals surface area contributed by atoms with Crippen LogP contribution in [0.25, 0.3) is 0 Å². The Morgan fingerprint density at radius 3 is 2.47 bits per heavy atom. The van der Waals surface area contributed by atoms with Gasteiger partial charge in [0.25, 0.3) is 0 Å². The Morgan fingerprint density at radius 2 is 1.75 bits per heavy atom. The third-order valence-electron chi connectivity index (χ3n) is 6.50. The normalized spacial score (nSPS) is 28.2. The molecule has 5 rings (SSSR count). The summed E-state index contributed by atoms with van der Waals surface area (Å²) < 4.78 is 0. The first-order valence-corrected chi connectivity index (χ1v) is 10.8. The fourth-order valence-corrected chi connectivity index (χ4v) is 5.61. The maximum Gasteiger partial charge on any atom is 0.250 e. The van der Waals surface area contributed by atoms with E-state index in [1.807, 2.05) is 0 Å². The minimum Gasteiger partial charge on any atom is -0.370 e. The third kappa shape index (κ3) is 2.80. The molecule has 10 heteroatoms. The number of nitrogens with two attached hydrogens (primary N) is 1. The molecule has 0 bridgehead atoms. The summed E-state index contributed by atoms with van der Waals surface area (Å²) in [5.41, 5.74) is 5.35. The Morgan fingerprint density at radius 1 is 1.03 bits per heavy atom. The van der Waals surface area contributed by atoms with E-state index in [-0.39, 0.29) is 13.0 Å². The smallest absolute Gasteiger partial charge is 0.250 e. The second-order valence-electron chi connectivity index (χ2n) is 8.20. The number of nitrogens with one attached hydrogen (secondary N) is 2. The number of carbonyl (C=O) groups is 4. The van der Waals surface area contributed by atoms with Crippen molar-refractivity contribution >= 4 is 52.5 Å². The molecule has 0 aromatic heterocycles. The van der Waals surface area contributed by atoms with Crippen LogP contribution in [0.4, 0.5) is 5.69 Å². The van der Waals surface area contributed by atoms with Gasteiger partial charge in [0.1, 0.15) is 5.54 Å². The lowest BCUT2D eigenvalue weighted by atomic mass is 9.76. The highest BCUT2D eigenvalue weighted by molar-refractivity contribution is 6.35. The number of hydrogen-bond acceptors (Lipinski definition) is 5. The second-order valence-corrected chi connectivity index (χ2v) is 9.02. The molecule has 2 saturated heterocycles. The molecule has 32 heavy (non-hydrogen) atoms. The number of amides is 4. The molecule has 3 aliphatic rings. The predicted octanol–water partition coefficient (Wildman–Crippen LogP) is 1.79. The molecule has 8 nitrogen and oxygen atoms in total. The van der Waals surface area contributed by atoms with Gasteiger partial charge in [0.15, 0.2) is 0 Å². The van der Waals surface area contributed by atoms with Crippen molar-refractivity contribution in [3.8, 4) is 0 Å². The number of imide groups is 1. The van der Waals surface area contributed by atoms with Gasteiger partial charge in [-0.15, -0.1) is 0 Å². The molecule has 2 aromatic carbocycles. The summed E-state index contributed by atoms with van der Waals surface area (Å²) in [5.74, 6) is -4.12. The van der Waals surface area contributed by atoms with Crippen molar-refractivity contribution in [2.45, 2.75) is 24.5 Å². The Labute approximate surface area is 193 Å². The van der Waals surface area contributed by atoms with Gasteiger partial charge in [0.2, 0.25) is 23.6 Å². The first kappa shape index (κ1) is 20.9. The molecule has 164 valence electrons. The molecule has 4 atom stereocenters. The van der Waals surface area contributed by atoms with Crippen LogP contribution in [0.3, 0.4) is 0 Å². The van der Waals surface area contributed by atoms with Crippen LogP contribution >= 0.6 is 23.2 Å². The molecule has 0 saturated carbocycles. The van der Waals surface area contributed by atoms with Crippen LogP contribution in [-0.4, -0.2) is 34.6 Å². The summed E-state index contributed by atoms with van der Waals surface area (Å²) in [7, 11) is 0. The van der Waals surface area contributed by atoms with Gasteiger partial charge in [0.05, 0.1) is 29.1 Å². The zero-order valence-electron chi connectivity index (χ0n) is 16.6. The monoisotopic (exact) mass is 472 g/mol. The van der Waals surface area contributed by atoms with Crippen LogP contribution in [0.5, 0.6) is 0 Å². The van der Waals surface area contributed by atoms with Gasteiger partial charge in [-0.25, -0.2) is 0 Å². The number of benzene rings is 2. The highest BCUT2D eigenvalue weighted by atomic mass is 35.5. The van der Waals surface area contributed by atoms with E-state index in [2.05, 4.69) is 10.6 Å². The van der Waals surface area contributed by atoms with Crippen LogP contribution in [0.1, 0.15) is 17.5 Å². The molecular formula is C22H18Cl2N4O4. The first-order chi connectivity index (χ1) is 15.3. The van der Waals surface area contributed by atoms with E-state index in [1.54, 1.807) is 42.5 Å². The Bertz CT molecular complexity index is 1200. The van der Waals surface area contributed by atoms with Crippen LogP contribution < -0.4 is 16.4 Å². The molecule has 1 spiro atoms. The summed E-state index contributed by atoms with van der Waals surface area (Å²) in [6.45, 7) is -0.0340. The molecule has 0 radical (unpaired) electrons. The minimum atomic E-state index is -1.53. The lowest BCUT2D eigenvalue weighted by Crippen LogP contribution is -2.53. The SMILES string of the molecule is NC(=O)C[C@@H]1N[C@@]2(C(=O)Nc3c(Cl)cccc32)[C@@H]2C(=O)N(Cc3ccccc3Cl)C(=O)[C@H]12. The van der Waals surface area contributed by atoms with E-state index in [0.717, 1.165) is 4.90 Å². The number of carbonyl (C=O) groups excluding carboxylic acids is 4. The van der Waals surface area contributed by atoms with Crippen molar-refractivity contribution in [1.82, 2.24) is 10.2 Å². The molecule has 0 unspecified atom stereocenters. The molecule has 3 aliphatic heterocycles. The van der Waals surface area contributed by atoms with E-state index < -0.39 is 47.0 Å². The average Bonchev–Trinajstić information content (AvgIpc) is 3.31. The van der Waals surface area contributed by atoms with Gasteiger partial charge in [-0.1, -0.05) is 53.5 Å². The van der Waals surface area contributed by atoms with E-state index in [1.165, 1.54) is 0 Å². The Balaban J connectivity index is 1.62. The summed E-state index contributed by atoms with van der Waals surface area (Å²) in [6.07, 6.45) is -0.203. The van der Waals surface area contributed by atoms with Gasteiger partial charge >= 0.3 is 0 Å². The lowest BCUT2D eigenvalue weighted by molar-refractivity contribution is -0.143. The number of rotatable bonds is 4. The molecular weight excluding hydrogens is 455 g/mol. The van der Waals surface area contributed by atoms with E-state index >= 15 is 0 Å². The van der Waals surface area contributed by atoms with Crippen LogP contribution in [0.15, 0.2) is 42.5 Å². The quantitative estimate of drug-likeness (QED) is 0.585. The zero-order valence-corrected chi connectivity index (χ0v) is 18.1. The van der Waals surface area contributed by atoms with Gasteiger partial charge in [-0.05, 0) is 17.7 Å². The van der Waals surface area contributed by atoms with Crippen molar-refractivity contribution in [2.75, 3.05) is 5.32 Å². The second kappa shape index (κ2) is 7.30. The van der Waals surface area contributed by atoms with Crippen molar-refractivity contribution < 1.29 is 19.2 Å². The minimum absolute atomic E-state index is 0.0340. The van der Waals surface area contributed by atoms with Crippen LogP contribution in [0, 0.1) is 11.8 Å². The largest absolute Gasteiger partial charge is 0.370 e. The number of anilines is 1. The number of primary amides is 1. The summed E-state index contributed by atoms with van der Waals surface area (Å²) in [6, 6.07) is 11.1. The maximum atomic E-state index is 13.6. The number of likely N-dealkylation sites (tertiary alicyclic amines) is 1. The molecule has 2 fully saturated rings. The van der Waals surface area contributed by atoms with Crippen molar-refractivity contribution in [2.24, 2.45) is 17.6 Å². The van der Waals surface area contributed by atoms with E-state index in [9.17, 15) is 19.2 Å². The van der Waals surface area contributed by atoms with Crippen LogP contribution in [0.2, 0.25) is 10.0 Å². The molecule has 4 amide bonds. The van der Waals surface area contributed by atoms with Gasteiger partial charge in [0, 0.05) is 23.0 Å². The van der Waals surface area contributed by atoms with E-state index in [0.29, 0.717) is 26.9 Å². The first-order valence-electron chi connectivity index (χ1n) is 10.0. The molecule has 0 aliphatic carbocycles. The number of halogens is 2. The van der Waals surface area contributed by atoms with Crippen LogP contribution in [-0.2, 0) is 31.3 Å². The maximum absolute atomic E-state index is 13.6. The molecule has 4 N–H and O–H groups in total. The number of para-hydroxylation sites is 1. The highest BCUT2D eigenvalue weighted by Crippen LogP contribution is 2.54. The third-order valence-corrected chi connectivity index (χ3v) is 7.18. The highest BCUT2D eigenvalue weighted by Gasteiger charge is 2.70. The number of hydrogen-bond donors (Lipinski definition) is 3. The van der Waals surface area contributed by atoms with E-state index in [4.69, 9.17) is 28.9 Å². The summed E-state index contributed by atoms with van der Waals surface area (Å²) >= 11 is 12.5. The molecule has 2 aromatic rings. The fourth-order valence-electron chi connectivity index (χ4n) is 5.20. The van der Waals surface area contributed by atoms with Crippen molar-refractivity contribution in [1.29, 1.82) is 0 Å². The zero-order chi connectivity index (χ0) is 22.8. The topological polar surface area (TPSA) is 122 Å². The number of nitrogens with zero attached hydrogens (tertiary/aromatic N) is 1. The Kier molecular flexibility index (Phi) is 4.77. The van der Waals surface area contributed by atoms with Gasteiger partial charge in [-0.2, -0.15) is 0 Å². The van der Waals surface area contributed by atoms with Gasteiger partial charge < -0.3 is 11.1 Å². The molecule has 3 heterocycles. The standard InChI is InChI=1S/C22H18Cl2N4O4/c23-12-6-2-1-4-10(12)9-28-19(30)16-14(8-15(25)29)27-22(17(16)20(28)31)11-5-3-7-13(24)18(11)26-21(22)32/h1-7,14,16-17,27H,8-9H2,(H2,25,29)(H,26,32)/t14-,16+,17-,22+/m0/s1. The van der Waals surface area contributed by atoms with Crippen molar-refractivity contribution in [3.05, 3.63) is 63.6 Å². The van der Waals surface area contributed by atoms with Crippen molar-refractivity contribution in [3.63, 3.8) is 0 Å². The number of fused-ring (bicyclic) bond motifs is 4. The van der Waals surface area contributed by atoms with Gasteiger partial charge in [-0.3, -0.25) is 29.4 Å². The average molecular weight is 473 g/mol. The summed E-state index contributed by atoms with van der Waals surface area (Å²) in [4.78, 5) is 53.3.